The summed E-state index contributed by atoms with van der Waals surface area (Å²) in [5.74, 6) is 0.0304. The van der Waals surface area contributed by atoms with Gasteiger partial charge in [-0.2, -0.15) is 0 Å². The number of hydrogen-bond donors (Lipinski definition) is 0. The first kappa shape index (κ1) is 26.1. The topological polar surface area (TPSA) is 66.4 Å². The fraction of sp³-hybridized carbons (Fsp3) is 0.375. The van der Waals surface area contributed by atoms with Crippen molar-refractivity contribution in [2.24, 2.45) is 0 Å². The van der Waals surface area contributed by atoms with Crippen molar-refractivity contribution in [1.82, 2.24) is 9.97 Å². The van der Waals surface area contributed by atoms with Gasteiger partial charge in [-0.1, -0.05) is 52.4 Å². The Hall–Kier alpha value is -2.84. The molecule has 0 saturated heterocycles. The van der Waals surface area contributed by atoms with Crippen molar-refractivity contribution in [2.75, 3.05) is 22.9 Å². The van der Waals surface area contributed by atoms with Gasteiger partial charge in [-0.25, -0.2) is 0 Å². The molecule has 4 heterocycles. The smallest absolute Gasteiger partial charge is 0.260 e. The third kappa shape index (κ3) is 3.57. The van der Waals surface area contributed by atoms with Crippen LogP contribution in [-0.4, -0.2) is 34.9 Å². The molecule has 0 unspecified atom stereocenters. The Kier molecular flexibility index (Phi) is 6.46. The van der Waals surface area contributed by atoms with E-state index in [-0.39, 0.29) is 11.8 Å². The molecule has 204 valence electrons. The first-order valence-corrected chi connectivity index (χ1v) is 16.0. The van der Waals surface area contributed by atoms with E-state index in [9.17, 15) is 9.59 Å². The van der Waals surface area contributed by atoms with E-state index in [2.05, 4.69) is 57.8 Å². The van der Waals surface area contributed by atoms with Crippen molar-refractivity contribution in [2.45, 2.75) is 65.2 Å². The van der Waals surface area contributed by atoms with Gasteiger partial charge in [-0.15, -0.1) is 0 Å². The number of carbonyl (C=O) groups excluding carboxylic acids is 2. The molecule has 40 heavy (non-hydrogen) atoms. The maximum Gasteiger partial charge on any atom is 0.260 e. The van der Waals surface area contributed by atoms with Gasteiger partial charge in [0.05, 0.1) is 33.5 Å². The Morgan fingerprint density at radius 2 is 1.05 bits per heavy atom. The summed E-state index contributed by atoms with van der Waals surface area (Å²) in [5, 5.41) is 5.74. The highest BCUT2D eigenvalue weighted by atomic mass is 79.9. The maximum absolute atomic E-state index is 13.6. The molecular weight excluding hydrogens is 632 g/mol. The number of pyridine rings is 2. The number of carbonyl (C=O) groups is 2. The van der Waals surface area contributed by atoms with Crippen LogP contribution >= 0.6 is 31.9 Å². The zero-order valence-electron chi connectivity index (χ0n) is 22.7. The minimum Gasteiger partial charge on any atom is -0.307 e. The van der Waals surface area contributed by atoms with Gasteiger partial charge in [-0.3, -0.25) is 19.6 Å². The van der Waals surface area contributed by atoms with E-state index >= 15 is 0 Å². The Balaban J connectivity index is 1.47. The summed E-state index contributed by atoms with van der Waals surface area (Å²) in [4.78, 5) is 40.9. The van der Waals surface area contributed by atoms with Gasteiger partial charge < -0.3 is 9.80 Å². The number of anilines is 2. The van der Waals surface area contributed by atoms with E-state index in [0.29, 0.717) is 24.2 Å². The van der Waals surface area contributed by atoms with E-state index in [1.165, 1.54) is 12.8 Å². The van der Waals surface area contributed by atoms with Gasteiger partial charge in [0.1, 0.15) is 0 Å². The lowest BCUT2D eigenvalue weighted by Gasteiger charge is -2.21. The zero-order valence-corrected chi connectivity index (χ0v) is 25.9. The molecule has 2 amide bonds. The zero-order chi connectivity index (χ0) is 27.7. The molecule has 0 bridgehead atoms. The molecule has 0 fully saturated rings. The quantitative estimate of drug-likeness (QED) is 0.0850. The molecule has 2 aromatic heterocycles. The Bertz CT molecular complexity index is 1730. The average molecular weight is 662 g/mol. The summed E-state index contributed by atoms with van der Waals surface area (Å²) < 4.78 is 1.77. The molecule has 7 rings (SSSR count). The van der Waals surface area contributed by atoms with Crippen LogP contribution in [0.5, 0.6) is 0 Å². The summed E-state index contributed by atoms with van der Waals surface area (Å²) in [7, 11) is 0. The lowest BCUT2D eigenvalue weighted by Crippen LogP contribution is -2.28. The first-order chi connectivity index (χ1) is 19.5. The van der Waals surface area contributed by atoms with Gasteiger partial charge >= 0.3 is 0 Å². The van der Waals surface area contributed by atoms with Crippen LogP contribution in [0.15, 0.2) is 33.5 Å². The van der Waals surface area contributed by atoms with Crippen molar-refractivity contribution in [3.63, 3.8) is 0 Å². The summed E-state index contributed by atoms with van der Waals surface area (Å²) in [6.07, 6.45) is 12.3. The van der Waals surface area contributed by atoms with Crippen LogP contribution in [0.1, 0.15) is 85.9 Å². The van der Waals surface area contributed by atoms with E-state index in [4.69, 9.17) is 9.97 Å². The number of aromatic nitrogens is 2. The van der Waals surface area contributed by atoms with Crippen LogP contribution in [0, 0.1) is 0 Å². The van der Waals surface area contributed by atoms with Crippen molar-refractivity contribution in [3.05, 3.63) is 44.6 Å². The van der Waals surface area contributed by atoms with Crippen molar-refractivity contribution in [1.29, 1.82) is 0 Å². The molecule has 6 nitrogen and oxygen atoms in total. The Morgan fingerprint density at radius 1 is 0.625 bits per heavy atom. The number of benzene rings is 3. The van der Waals surface area contributed by atoms with Crippen LogP contribution < -0.4 is 9.80 Å². The summed E-state index contributed by atoms with van der Waals surface area (Å²) >= 11 is 7.66. The number of amides is 2. The molecule has 0 radical (unpaired) electrons. The largest absolute Gasteiger partial charge is 0.307 e. The fourth-order valence-electron chi connectivity index (χ4n) is 6.76. The van der Waals surface area contributed by atoms with Crippen LogP contribution in [0.3, 0.4) is 0 Å². The summed E-state index contributed by atoms with van der Waals surface area (Å²) in [5.41, 5.74) is 4.85. The number of unbranched alkanes of at least 4 members (excludes halogenated alkanes) is 6. The van der Waals surface area contributed by atoms with Crippen LogP contribution in [0.25, 0.3) is 43.4 Å². The highest BCUT2D eigenvalue weighted by molar-refractivity contribution is 9.11. The van der Waals surface area contributed by atoms with E-state index < -0.39 is 0 Å². The molecular formula is C32H30Br2N4O2. The van der Waals surface area contributed by atoms with Crippen molar-refractivity contribution >= 4 is 98.4 Å². The summed E-state index contributed by atoms with van der Waals surface area (Å²) in [6.45, 7) is 5.77. The average Bonchev–Trinajstić information content (AvgIpc) is 3.41. The number of fused-ring (bicyclic) bond motifs is 2. The van der Waals surface area contributed by atoms with E-state index in [1.807, 2.05) is 9.80 Å². The highest BCUT2D eigenvalue weighted by Gasteiger charge is 2.37. The van der Waals surface area contributed by atoms with E-state index in [0.717, 1.165) is 102 Å². The van der Waals surface area contributed by atoms with Crippen molar-refractivity contribution < 1.29 is 9.59 Å². The van der Waals surface area contributed by atoms with Crippen LogP contribution in [0.2, 0.25) is 0 Å². The predicted molar refractivity (Wildman–Crippen MR) is 170 cm³/mol. The normalized spacial score (nSPS) is 14.5. The summed E-state index contributed by atoms with van der Waals surface area (Å²) in [6, 6.07) is 4.19. The van der Waals surface area contributed by atoms with Gasteiger partial charge in [0.2, 0.25) is 0 Å². The van der Waals surface area contributed by atoms with Crippen LogP contribution in [-0.2, 0) is 0 Å². The third-order valence-electron chi connectivity index (χ3n) is 8.64. The molecule has 8 heteroatoms. The molecule has 0 aliphatic carbocycles. The predicted octanol–water partition coefficient (Wildman–Crippen LogP) is 9.13. The molecule has 0 atom stereocenters. The van der Waals surface area contributed by atoms with E-state index in [1.54, 1.807) is 12.4 Å². The molecule has 5 aromatic rings. The third-order valence-corrected chi connectivity index (χ3v) is 9.85. The second-order valence-electron chi connectivity index (χ2n) is 11.1. The molecule has 0 spiro atoms. The molecule has 2 aliphatic rings. The second-order valence-corrected chi connectivity index (χ2v) is 12.8. The number of halogens is 2. The van der Waals surface area contributed by atoms with Gasteiger partial charge in [-0.05, 0) is 56.8 Å². The second kappa shape index (κ2) is 9.91. The highest BCUT2D eigenvalue weighted by Crippen LogP contribution is 2.52. The molecule has 0 N–H and O–H groups in total. The fourth-order valence-corrected chi connectivity index (χ4v) is 8.04. The minimum absolute atomic E-state index is 0.0152. The number of nitrogens with zero attached hydrogens (tertiary/aromatic N) is 4. The molecule has 2 aliphatic heterocycles. The van der Waals surface area contributed by atoms with Gasteiger partial charge in [0.25, 0.3) is 11.8 Å². The first-order valence-electron chi connectivity index (χ1n) is 14.4. The SMILES string of the molecule is CCCCCCN1C(=O)c2cnc3c4cc(Br)c5c6c(cnc(c7cc(Br)c1c2c73)c64)C(=O)N5CCCCCC. The maximum atomic E-state index is 13.6. The molecule has 0 saturated carbocycles. The lowest BCUT2D eigenvalue weighted by atomic mass is 9.92. The standard InChI is InChI=1S/C32H30Br2N4O2/c1-3-5-7-9-11-37-29-21(33)13-17-23-25(29)19(31(37)39)15-35-27(23)18-14-22(34)30-26-20(16-36-28(17)24(18)26)32(40)38(30)12-10-8-6-4-2/h13-16H,3-12H2,1-2H3. The van der Waals surface area contributed by atoms with Crippen LogP contribution in [0.4, 0.5) is 11.4 Å². The van der Waals surface area contributed by atoms with Gasteiger partial charge in [0, 0.05) is 66.7 Å². The Labute approximate surface area is 249 Å². The lowest BCUT2D eigenvalue weighted by molar-refractivity contribution is 0.0984. The van der Waals surface area contributed by atoms with Gasteiger partial charge in [0.15, 0.2) is 0 Å². The number of hydrogen-bond acceptors (Lipinski definition) is 4. The Morgan fingerprint density at radius 3 is 1.45 bits per heavy atom. The van der Waals surface area contributed by atoms with Crippen molar-refractivity contribution in [3.8, 4) is 0 Å². The monoisotopic (exact) mass is 660 g/mol. The number of rotatable bonds is 10. The molecule has 3 aromatic carbocycles. The minimum atomic E-state index is 0.0152.